The number of carboxylic acids is 1. The largest absolute Gasteiger partial charge is 0.481 e. The van der Waals surface area contributed by atoms with Crippen LogP contribution in [0.2, 0.25) is 0 Å². The second kappa shape index (κ2) is 6.25. The van der Waals surface area contributed by atoms with Crippen LogP contribution in [0.25, 0.3) is 0 Å². The number of carboxylic acid groups (broad SMARTS) is 1. The molecule has 2 rings (SSSR count). The Bertz CT molecular complexity index is 546. The Morgan fingerprint density at radius 1 is 1.38 bits per heavy atom. The maximum atomic E-state index is 12.3. The number of amides is 2. The molecule has 2 atom stereocenters. The summed E-state index contributed by atoms with van der Waals surface area (Å²) in [7, 11) is 0. The van der Waals surface area contributed by atoms with Crippen molar-refractivity contribution in [2.24, 2.45) is 0 Å². The Morgan fingerprint density at radius 2 is 2.05 bits per heavy atom. The van der Waals surface area contributed by atoms with E-state index in [9.17, 15) is 14.4 Å². The van der Waals surface area contributed by atoms with Gasteiger partial charge in [0.1, 0.15) is 18.3 Å². The molecule has 1 aromatic rings. The SMILES string of the molecule is CC(Oc1ccccc1)C(=O)N1CC(=O)NCC1C(=O)O. The fourth-order valence-corrected chi connectivity index (χ4v) is 2.08. The molecule has 1 heterocycles. The lowest BCUT2D eigenvalue weighted by molar-refractivity contribution is -0.156. The lowest BCUT2D eigenvalue weighted by atomic mass is 10.1. The van der Waals surface area contributed by atoms with Gasteiger partial charge in [0.2, 0.25) is 5.91 Å². The van der Waals surface area contributed by atoms with Gasteiger partial charge in [0.15, 0.2) is 6.10 Å². The van der Waals surface area contributed by atoms with Gasteiger partial charge < -0.3 is 20.1 Å². The topological polar surface area (TPSA) is 95.9 Å². The summed E-state index contributed by atoms with van der Waals surface area (Å²) in [4.78, 5) is 35.9. The summed E-state index contributed by atoms with van der Waals surface area (Å²) in [6.07, 6.45) is -0.875. The number of nitrogens with zero attached hydrogens (tertiary/aromatic N) is 1. The fraction of sp³-hybridized carbons (Fsp3) is 0.357. The maximum absolute atomic E-state index is 12.3. The van der Waals surface area contributed by atoms with Gasteiger partial charge in [-0.25, -0.2) is 4.79 Å². The van der Waals surface area contributed by atoms with E-state index in [1.165, 1.54) is 6.92 Å². The quantitative estimate of drug-likeness (QED) is 0.805. The lowest BCUT2D eigenvalue weighted by Crippen LogP contribution is -2.61. The van der Waals surface area contributed by atoms with Gasteiger partial charge in [-0.3, -0.25) is 9.59 Å². The third-order valence-corrected chi connectivity index (χ3v) is 3.15. The summed E-state index contributed by atoms with van der Waals surface area (Å²) in [5.74, 6) is -1.56. The van der Waals surface area contributed by atoms with Crippen LogP contribution >= 0.6 is 0 Å². The minimum absolute atomic E-state index is 0.0992. The van der Waals surface area contributed by atoms with Crippen molar-refractivity contribution in [3.8, 4) is 5.75 Å². The Morgan fingerprint density at radius 3 is 2.67 bits per heavy atom. The zero-order valence-electron chi connectivity index (χ0n) is 11.5. The highest BCUT2D eigenvalue weighted by Gasteiger charge is 2.37. The molecule has 0 bridgehead atoms. The predicted octanol–water partition coefficient (Wildman–Crippen LogP) is -0.135. The molecule has 2 unspecified atom stereocenters. The standard InChI is InChI=1S/C14H16N2O5/c1-9(21-10-5-3-2-4-6-10)13(18)16-8-12(17)15-7-11(16)14(19)20/h2-6,9,11H,7-8H2,1H3,(H,15,17)(H,19,20). The van der Waals surface area contributed by atoms with E-state index in [1.54, 1.807) is 24.3 Å². The average molecular weight is 292 g/mol. The van der Waals surface area contributed by atoms with Crippen molar-refractivity contribution in [2.45, 2.75) is 19.1 Å². The van der Waals surface area contributed by atoms with Crippen LogP contribution in [0.15, 0.2) is 30.3 Å². The van der Waals surface area contributed by atoms with Gasteiger partial charge in [-0.15, -0.1) is 0 Å². The Hall–Kier alpha value is -2.57. The van der Waals surface area contributed by atoms with E-state index in [-0.39, 0.29) is 19.0 Å². The summed E-state index contributed by atoms with van der Waals surface area (Å²) in [6, 6.07) is 7.66. The molecule has 7 heteroatoms. The number of carbonyl (C=O) groups excluding carboxylic acids is 2. The molecule has 0 spiro atoms. The smallest absolute Gasteiger partial charge is 0.328 e. The number of rotatable bonds is 4. The Balaban J connectivity index is 2.08. The van der Waals surface area contributed by atoms with Crippen molar-refractivity contribution >= 4 is 17.8 Å². The van der Waals surface area contributed by atoms with E-state index < -0.39 is 24.0 Å². The van der Waals surface area contributed by atoms with Gasteiger partial charge in [-0.1, -0.05) is 18.2 Å². The minimum atomic E-state index is -1.16. The second-order valence-electron chi connectivity index (χ2n) is 4.70. The van der Waals surface area contributed by atoms with E-state index in [1.807, 2.05) is 6.07 Å². The van der Waals surface area contributed by atoms with Crippen molar-refractivity contribution in [3.05, 3.63) is 30.3 Å². The van der Waals surface area contributed by atoms with E-state index in [2.05, 4.69) is 5.32 Å². The molecule has 21 heavy (non-hydrogen) atoms. The van der Waals surface area contributed by atoms with Crippen molar-refractivity contribution in [1.82, 2.24) is 10.2 Å². The van der Waals surface area contributed by atoms with E-state index in [4.69, 9.17) is 9.84 Å². The van der Waals surface area contributed by atoms with Gasteiger partial charge >= 0.3 is 5.97 Å². The molecular weight excluding hydrogens is 276 g/mol. The molecule has 2 amide bonds. The maximum Gasteiger partial charge on any atom is 0.328 e. The van der Waals surface area contributed by atoms with Crippen LogP contribution in [0.5, 0.6) is 5.75 Å². The van der Waals surface area contributed by atoms with Crippen molar-refractivity contribution < 1.29 is 24.2 Å². The number of nitrogens with one attached hydrogen (secondary N) is 1. The molecule has 1 aliphatic heterocycles. The van der Waals surface area contributed by atoms with Gasteiger partial charge in [-0.05, 0) is 19.1 Å². The second-order valence-corrected chi connectivity index (χ2v) is 4.70. The van der Waals surface area contributed by atoms with Gasteiger partial charge in [-0.2, -0.15) is 0 Å². The third kappa shape index (κ3) is 3.50. The molecule has 1 aromatic carbocycles. The Kier molecular flexibility index (Phi) is 4.42. The van der Waals surface area contributed by atoms with Crippen LogP contribution in [-0.4, -0.2) is 53.0 Å². The molecule has 1 saturated heterocycles. The van der Waals surface area contributed by atoms with Crippen molar-refractivity contribution in [3.63, 3.8) is 0 Å². The summed E-state index contributed by atoms with van der Waals surface area (Å²) in [6.45, 7) is 1.15. The zero-order valence-corrected chi connectivity index (χ0v) is 11.5. The van der Waals surface area contributed by atoms with Gasteiger partial charge in [0.05, 0.1) is 0 Å². The number of ether oxygens (including phenoxy) is 1. The molecule has 0 saturated carbocycles. The van der Waals surface area contributed by atoms with Crippen molar-refractivity contribution in [1.29, 1.82) is 0 Å². The van der Waals surface area contributed by atoms with Crippen LogP contribution < -0.4 is 10.1 Å². The van der Waals surface area contributed by atoms with Crippen LogP contribution in [0, 0.1) is 0 Å². The first kappa shape index (κ1) is 14.8. The van der Waals surface area contributed by atoms with Crippen LogP contribution in [0.3, 0.4) is 0 Å². The van der Waals surface area contributed by atoms with Crippen LogP contribution in [0.4, 0.5) is 0 Å². The zero-order chi connectivity index (χ0) is 15.4. The lowest BCUT2D eigenvalue weighted by Gasteiger charge is -2.34. The number of benzene rings is 1. The molecule has 0 aliphatic carbocycles. The molecule has 112 valence electrons. The first-order valence-electron chi connectivity index (χ1n) is 6.50. The van der Waals surface area contributed by atoms with Crippen LogP contribution in [0.1, 0.15) is 6.92 Å². The van der Waals surface area contributed by atoms with Gasteiger partial charge in [0.25, 0.3) is 5.91 Å². The normalized spacial score (nSPS) is 19.6. The molecule has 2 N–H and O–H groups in total. The molecule has 7 nitrogen and oxygen atoms in total. The first-order valence-corrected chi connectivity index (χ1v) is 6.50. The monoisotopic (exact) mass is 292 g/mol. The average Bonchev–Trinajstić information content (AvgIpc) is 2.47. The number of hydrogen-bond acceptors (Lipinski definition) is 4. The highest BCUT2D eigenvalue weighted by atomic mass is 16.5. The summed E-state index contributed by atoms with van der Waals surface area (Å²) >= 11 is 0. The molecule has 0 radical (unpaired) electrons. The summed E-state index contributed by atoms with van der Waals surface area (Å²) < 4.78 is 5.48. The molecule has 1 aliphatic rings. The molecule has 0 aromatic heterocycles. The predicted molar refractivity (Wildman–Crippen MR) is 72.7 cm³/mol. The number of para-hydroxylation sites is 1. The van der Waals surface area contributed by atoms with E-state index in [0.29, 0.717) is 5.75 Å². The first-order chi connectivity index (χ1) is 9.99. The minimum Gasteiger partial charge on any atom is -0.481 e. The van der Waals surface area contributed by atoms with E-state index >= 15 is 0 Å². The number of aliphatic carboxylic acids is 1. The molecule has 1 fully saturated rings. The highest BCUT2D eigenvalue weighted by Crippen LogP contribution is 2.14. The summed E-state index contributed by atoms with van der Waals surface area (Å²) in [5, 5.41) is 11.6. The van der Waals surface area contributed by atoms with Crippen molar-refractivity contribution in [2.75, 3.05) is 13.1 Å². The Labute approximate surface area is 121 Å². The van der Waals surface area contributed by atoms with Crippen LogP contribution in [-0.2, 0) is 14.4 Å². The number of carbonyl (C=O) groups is 3. The third-order valence-electron chi connectivity index (χ3n) is 3.15. The number of hydrogen-bond donors (Lipinski definition) is 2. The summed E-state index contributed by atoms with van der Waals surface area (Å²) in [5.41, 5.74) is 0. The fourth-order valence-electron chi connectivity index (χ4n) is 2.08. The number of piperazine rings is 1. The highest BCUT2D eigenvalue weighted by molar-refractivity contribution is 5.92. The molecular formula is C14H16N2O5. The van der Waals surface area contributed by atoms with E-state index in [0.717, 1.165) is 4.90 Å². The van der Waals surface area contributed by atoms with Gasteiger partial charge in [0, 0.05) is 6.54 Å².